The summed E-state index contributed by atoms with van der Waals surface area (Å²) >= 11 is 0. The van der Waals surface area contributed by atoms with Gasteiger partial charge in [-0.1, -0.05) is 5.57 Å². The molecular weight excluding hydrogens is 368 g/mol. The molecule has 0 spiro atoms. The monoisotopic (exact) mass is 385 g/mol. The van der Waals surface area contributed by atoms with Gasteiger partial charge in [-0.3, -0.25) is 9.78 Å². The van der Waals surface area contributed by atoms with Crippen LogP contribution in [0.25, 0.3) is 11.1 Å². The van der Waals surface area contributed by atoms with Crippen LogP contribution in [0.1, 0.15) is 12.8 Å². The summed E-state index contributed by atoms with van der Waals surface area (Å²) in [6.07, 6.45) is 2.86. The van der Waals surface area contributed by atoms with E-state index in [0.29, 0.717) is 48.4 Å². The van der Waals surface area contributed by atoms with Gasteiger partial charge in [-0.2, -0.15) is 0 Å². The third-order valence-electron chi connectivity index (χ3n) is 4.70. The Morgan fingerprint density at radius 1 is 1.11 bits per heavy atom. The van der Waals surface area contributed by atoms with Gasteiger partial charge in [0.25, 0.3) is 0 Å². The number of hydrogen-bond donors (Lipinski definition) is 2. The fourth-order valence-corrected chi connectivity index (χ4v) is 3.27. The summed E-state index contributed by atoms with van der Waals surface area (Å²) in [7, 11) is 0. The molecule has 3 aromatic rings. The molecule has 2 N–H and O–H groups in total. The number of fused-ring (bicyclic) bond motifs is 1. The number of piperidine rings is 1. The highest BCUT2D eigenvalue weighted by molar-refractivity contribution is 6.00. The fourth-order valence-electron chi connectivity index (χ4n) is 3.27. The van der Waals surface area contributed by atoms with E-state index in [4.69, 9.17) is 4.42 Å². The molecule has 1 aromatic heterocycles. The van der Waals surface area contributed by atoms with Gasteiger partial charge in [-0.05, 0) is 37.1 Å². The number of aromatic nitrogens is 1. The van der Waals surface area contributed by atoms with E-state index in [0.717, 1.165) is 11.6 Å². The second-order valence-electron chi connectivity index (χ2n) is 6.60. The van der Waals surface area contributed by atoms with Gasteiger partial charge in [0.1, 0.15) is 0 Å². The molecule has 1 aliphatic heterocycles. The van der Waals surface area contributed by atoms with Crippen molar-refractivity contribution in [1.29, 1.82) is 0 Å². The Balaban J connectivity index is 1.38. The lowest BCUT2D eigenvalue weighted by atomic mass is 10.0. The predicted molar refractivity (Wildman–Crippen MR) is 101 cm³/mol. The summed E-state index contributed by atoms with van der Waals surface area (Å²) in [6, 6.07) is 8.77. The first-order valence-electron chi connectivity index (χ1n) is 8.81. The van der Waals surface area contributed by atoms with E-state index < -0.39 is 17.4 Å². The maximum Gasteiger partial charge on any atom is 0.417 e. The molecule has 144 valence electrons. The number of anilines is 2. The molecule has 0 aliphatic carbocycles. The van der Waals surface area contributed by atoms with E-state index in [1.165, 1.54) is 6.07 Å². The number of oxazole rings is 1. The van der Waals surface area contributed by atoms with Crippen LogP contribution in [0, 0.1) is 11.6 Å². The van der Waals surface area contributed by atoms with E-state index in [9.17, 15) is 18.4 Å². The van der Waals surface area contributed by atoms with Crippen LogP contribution >= 0.6 is 0 Å². The number of halogens is 2. The molecular formula is C20H17F2N3O3. The summed E-state index contributed by atoms with van der Waals surface area (Å²) in [6.45, 7) is 1.23. The lowest BCUT2D eigenvalue weighted by Gasteiger charge is -2.30. The van der Waals surface area contributed by atoms with Crippen LogP contribution in [-0.2, 0) is 4.79 Å². The molecule has 28 heavy (non-hydrogen) atoms. The van der Waals surface area contributed by atoms with Crippen molar-refractivity contribution >= 4 is 28.4 Å². The van der Waals surface area contributed by atoms with Crippen LogP contribution in [-0.4, -0.2) is 24.0 Å². The van der Waals surface area contributed by atoms with E-state index in [1.54, 1.807) is 30.3 Å². The van der Waals surface area contributed by atoms with Crippen LogP contribution in [0.3, 0.4) is 0 Å². The third-order valence-corrected chi connectivity index (χ3v) is 4.70. The third kappa shape index (κ3) is 3.80. The number of aromatic amines is 1. The van der Waals surface area contributed by atoms with Gasteiger partial charge < -0.3 is 14.6 Å². The second-order valence-corrected chi connectivity index (χ2v) is 6.60. The van der Waals surface area contributed by atoms with Crippen molar-refractivity contribution in [2.24, 2.45) is 0 Å². The topological polar surface area (TPSA) is 78.3 Å². The molecule has 2 heterocycles. The first-order chi connectivity index (χ1) is 13.5. The number of nitrogens with one attached hydrogen (secondary N) is 2. The van der Waals surface area contributed by atoms with Gasteiger partial charge >= 0.3 is 5.76 Å². The van der Waals surface area contributed by atoms with Gasteiger partial charge in [0, 0.05) is 42.7 Å². The number of carbonyl (C=O) groups excluding carboxylic acids is 1. The largest absolute Gasteiger partial charge is 0.417 e. The Morgan fingerprint density at radius 3 is 2.64 bits per heavy atom. The maximum absolute atomic E-state index is 13.4. The fraction of sp³-hybridized carbons (Fsp3) is 0.200. The van der Waals surface area contributed by atoms with Gasteiger partial charge in [-0.15, -0.1) is 0 Å². The lowest BCUT2D eigenvalue weighted by Crippen LogP contribution is -2.31. The van der Waals surface area contributed by atoms with Crippen molar-refractivity contribution in [3.05, 3.63) is 70.2 Å². The van der Waals surface area contributed by atoms with Gasteiger partial charge in [0.15, 0.2) is 17.2 Å². The van der Waals surface area contributed by atoms with Crippen molar-refractivity contribution in [2.75, 3.05) is 23.3 Å². The van der Waals surface area contributed by atoms with Crippen molar-refractivity contribution in [3.63, 3.8) is 0 Å². The number of amides is 1. The molecule has 6 nitrogen and oxygen atoms in total. The highest BCUT2D eigenvalue weighted by atomic mass is 19.2. The average Bonchev–Trinajstić information content (AvgIpc) is 3.04. The second kappa shape index (κ2) is 7.30. The highest BCUT2D eigenvalue weighted by Crippen LogP contribution is 2.24. The zero-order valence-electron chi connectivity index (χ0n) is 14.8. The lowest BCUT2D eigenvalue weighted by molar-refractivity contribution is -0.112. The predicted octanol–water partition coefficient (Wildman–Crippen LogP) is 3.56. The number of rotatable bonds is 3. The average molecular weight is 385 g/mol. The molecule has 1 aliphatic rings. The Hall–Kier alpha value is -3.42. The van der Waals surface area contributed by atoms with Crippen molar-refractivity contribution in [2.45, 2.75) is 12.8 Å². The minimum absolute atomic E-state index is 0.270. The molecule has 1 fully saturated rings. The van der Waals surface area contributed by atoms with E-state index in [1.807, 2.05) is 4.90 Å². The Kier molecular flexibility index (Phi) is 4.68. The molecule has 0 radical (unpaired) electrons. The maximum atomic E-state index is 13.4. The number of benzene rings is 2. The summed E-state index contributed by atoms with van der Waals surface area (Å²) in [5, 5.41) is 2.75. The van der Waals surface area contributed by atoms with Crippen LogP contribution in [0.4, 0.5) is 20.2 Å². The molecule has 1 amide bonds. The van der Waals surface area contributed by atoms with Crippen molar-refractivity contribution in [1.82, 2.24) is 4.98 Å². The molecule has 0 unspecified atom stereocenters. The highest BCUT2D eigenvalue weighted by Gasteiger charge is 2.17. The summed E-state index contributed by atoms with van der Waals surface area (Å²) in [5.41, 5.74) is 3.06. The van der Waals surface area contributed by atoms with Gasteiger partial charge in [0.05, 0.1) is 5.52 Å². The number of hydrogen-bond acceptors (Lipinski definition) is 4. The Labute approximate surface area is 158 Å². The van der Waals surface area contributed by atoms with E-state index in [-0.39, 0.29) is 5.91 Å². The minimum atomic E-state index is -0.867. The molecule has 8 heteroatoms. The van der Waals surface area contributed by atoms with Gasteiger partial charge in [-0.25, -0.2) is 13.6 Å². The molecule has 0 saturated carbocycles. The molecule has 2 aromatic carbocycles. The van der Waals surface area contributed by atoms with Crippen LogP contribution in [0.15, 0.2) is 57.3 Å². The van der Waals surface area contributed by atoms with Gasteiger partial charge in [0.2, 0.25) is 5.91 Å². The quantitative estimate of drug-likeness (QED) is 0.676. The number of nitrogens with zero attached hydrogens (tertiary/aromatic N) is 1. The van der Waals surface area contributed by atoms with Crippen LogP contribution in [0.5, 0.6) is 0 Å². The van der Waals surface area contributed by atoms with Crippen LogP contribution in [0.2, 0.25) is 0 Å². The molecule has 1 saturated heterocycles. The van der Waals surface area contributed by atoms with E-state index >= 15 is 0 Å². The number of H-pyrrole nitrogens is 1. The zero-order valence-corrected chi connectivity index (χ0v) is 14.8. The summed E-state index contributed by atoms with van der Waals surface area (Å²) in [5.74, 6) is -2.55. The molecule has 0 atom stereocenters. The number of carbonyl (C=O) groups is 1. The van der Waals surface area contributed by atoms with Crippen LogP contribution < -0.4 is 16.0 Å². The SMILES string of the molecule is O=C(C=C1CCN(c2ccc(F)c(F)c2)CC1)Nc1ccc2[nH]c(=O)oc2c1. The molecule has 4 rings (SSSR count). The standard InChI is InChI=1S/C20H17F2N3O3/c21-15-3-2-14(11-16(15)22)25-7-5-12(6-8-25)9-19(26)23-13-1-4-17-18(10-13)28-20(27)24-17/h1-4,9-11H,5-8H2,(H,23,26)(H,24,27). The van der Waals surface area contributed by atoms with Crippen molar-refractivity contribution < 1.29 is 18.0 Å². The first kappa shape index (κ1) is 18.0. The zero-order chi connectivity index (χ0) is 19.7. The molecule has 0 bridgehead atoms. The smallest absolute Gasteiger partial charge is 0.408 e. The Bertz CT molecular complexity index is 1120. The minimum Gasteiger partial charge on any atom is -0.408 e. The van der Waals surface area contributed by atoms with E-state index in [2.05, 4.69) is 10.3 Å². The summed E-state index contributed by atoms with van der Waals surface area (Å²) < 4.78 is 31.4. The normalized spacial score (nSPS) is 14.4. The Morgan fingerprint density at radius 2 is 1.89 bits per heavy atom. The summed E-state index contributed by atoms with van der Waals surface area (Å²) in [4.78, 5) is 27.9. The van der Waals surface area contributed by atoms with Crippen molar-refractivity contribution in [3.8, 4) is 0 Å². The first-order valence-corrected chi connectivity index (χ1v) is 8.81.